The van der Waals surface area contributed by atoms with Crippen molar-refractivity contribution >= 4 is 41.4 Å². The van der Waals surface area contributed by atoms with Gasteiger partial charge in [0.1, 0.15) is 42.9 Å². The fourth-order valence-corrected chi connectivity index (χ4v) is 7.32. The number of ether oxygens (including phenoxy) is 1. The predicted octanol–water partition coefficient (Wildman–Crippen LogP) is 0.581. The molecule has 2 aromatic carbocycles. The molecule has 54 heavy (non-hydrogen) atoms. The normalized spacial score (nSPS) is 25.9. The second kappa shape index (κ2) is 17.9. The van der Waals surface area contributed by atoms with Crippen molar-refractivity contribution in [3.05, 3.63) is 71.8 Å². The van der Waals surface area contributed by atoms with Crippen molar-refractivity contribution in [2.75, 3.05) is 26.7 Å². The minimum atomic E-state index is -1.45. The van der Waals surface area contributed by atoms with E-state index in [1.165, 1.54) is 28.7 Å². The SMILES string of the molecule is C#CC[C@H]1C(=O)N[C@@H](C)C(=O)N2C[C@H](C)C[C@H]2C(=O)OC[C@H](NC(=O)[C@H](Cc2ccccc2)NC(=O)Cc2ccccc2)C(=O)N2CCC[C@H]2C(=O)N1C. The van der Waals surface area contributed by atoms with Gasteiger partial charge in [-0.1, -0.05) is 67.6 Å². The third-order valence-corrected chi connectivity index (χ3v) is 10.2. The number of likely N-dealkylation sites (N-methyl/N-ethyl adjacent to an activating group) is 1. The molecule has 0 bridgehead atoms. The van der Waals surface area contributed by atoms with Crippen LogP contribution in [-0.4, -0.2) is 119 Å². The molecule has 286 valence electrons. The van der Waals surface area contributed by atoms with Crippen LogP contribution in [0.2, 0.25) is 0 Å². The molecule has 3 aliphatic rings. The van der Waals surface area contributed by atoms with Crippen LogP contribution in [0.1, 0.15) is 50.7 Å². The Labute approximate surface area is 315 Å². The highest BCUT2D eigenvalue weighted by atomic mass is 16.5. The Morgan fingerprint density at radius 1 is 0.926 bits per heavy atom. The van der Waals surface area contributed by atoms with E-state index in [2.05, 4.69) is 21.9 Å². The van der Waals surface area contributed by atoms with E-state index in [9.17, 15) is 33.6 Å². The molecule has 3 saturated heterocycles. The molecular formula is C40H48N6O8. The number of fused-ring (bicyclic) bond motifs is 2. The lowest BCUT2D eigenvalue weighted by Crippen LogP contribution is -2.60. The van der Waals surface area contributed by atoms with Gasteiger partial charge in [0.2, 0.25) is 35.4 Å². The van der Waals surface area contributed by atoms with E-state index in [0.29, 0.717) is 6.42 Å². The molecule has 3 N–H and O–H groups in total. The molecule has 0 aliphatic carbocycles. The first kappa shape index (κ1) is 39.5. The Morgan fingerprint density at radius 3 is 2.26 bits per heavy atom. The Hall–Kier alpha value is -5.71. The second-order valence-corrected chi connectivity index (χ2v) is 14.3. The maximum Gasteiger partial charge on any atom is 0.328 e. The van der Waals surface area contributed by atoms with Crippen LogP contribution in [0.3, 0.4) is 0 Å². The first-order chi connectivity index (χ1) is 25.9. The fraction of sp³-hybridized carbons (Fsp3) is 0.475. The summed E-state index contributed by atoms with van der Waals surface area (Å²) < 4.78 is 5.71. The average Bonchev–Trinajstić information content (AvgIpc) is 3.81. The van der Waals surface area contributed by atoms with Crippen LogP contribution in [0.25, 0.3) is 0 Å². The first-order valence-electron chi connectivity index (χ1n) is 18.3. The highest BCUT2D eigenvalue weighted by Crippen LogP contribution is 2.26. The third-order valence-electron chi connectivity index (χ3n) is 10.2. The van der Waals surface area contributed by atoms with Gasteiger partial charge >= 0.3 is 5.97 Å². The molecular weight excluding hydrogens is 692 g/mol. The van der Waals surface area contributed by atoms with Crippen molar-refractivity contribution in [3.8, 4) is 12.3 Å². The average molecular weight is 741 g/mol. The molecule has 0 saturated carbocycles. The zero-order valence-corrected chi connectivity index (χ0v) is 30.9. The molecule has 0 radical (unpaired) electrons. The van der Waals surface area contributed by atoms with Crippen LogP contribution in [0.4, 0.5) is 0 Å². The lowest BCUT2D eigenvalue weighted by molar-refractivity contribution is -0.158. The van der Waals surface area contributed by atoms with Gasteiger partial charge in [0.15, 0.2) is 0 Å². The van der Waals surface area contributed by atoms with Gasteiger partial charge in [-0.3, -0.25) is 28.8 Å². The number of amides is 6. The number of carbonyl (C=O) groups is 7. The van der Waals surface area contributed by atoms with Crippen molar-refractivity contribution in [2.24, 2.45) is 5.92 Å². The molecule has 7 atom stereocenters. The van der Waals surface area contributed by atoms with Crippen LogP contribution >= 0.6 is 0 Å². The Bertz CT molecular complexity index is 1760. The van der Waals surface area contributed by atoms with E-state index in [1.807, 2.05) is 31.2 Å². The topological polar surface area (TPSA) is 175 Å². The summed E-state index contributed by atoms with van der Waals surface area (Å²) in [6, 6.07) is 11.3. The quantitative estimate of drug-likeness (QED) is 0.261. The number of benzene rings is 2. The lowest BCUT2D eigenvalue weighted by atomic mass is 10.0. The number of esters is 1. The van der Waals surface area contributed by atoms with Crippen LogP contribution < -0.4 is 16.0 Å². The zero-order chi connectivity index (χ0) is 38.9. The minimum absolute atomic E-state index is 0.0107. The van der Waals surface area contributed by atoms with Crippen LogP contribution in [0.15, 0.2) is 60.7 Å². The molecule has 14 heteroatoms. The van der Waals surface area contributed by atoms with E-state index >= 15 is 0 Å². The van der Waals surface area contributed by atoms with Crippen molar-refractivity contribution in [3.63, 3.8) is 0 Å². The smallest absolute Gasteiger partial charge is 0.328 e. The van der Waals surface area contributed by atoms with Gasteiger partial charge in [-0.2, -0.15) is 0 Å². The summed E-state index contributed by atoms with van der Waals surface area (Å²) >= 11 is 0. The van der Waals surface area contributed by atoms with E-state index < -0.39 is 84.3 Å². The number of nitrogens with one attached hydrogen (secondary N) is 3. The van der Waals surface area contributed by atoms with Gasteiger partial charge in [0.25, 0.3) is 0 Å². The number of rotatable bonds is 8. The highest BCUT2D eigenvalue weighted by molar-refractivity contribution is 5.97. The van der Waals surface area contributed by atoms with Crippen LogP contribution in [-0.2, 0) is 51.1 Å². The lowest BCUT2D eigenvalue weighted by Gasteiger charge is -2.35. The van der Waals surface area contributed by atoms with E-state index in [-0.39, 0.29) is 51.1 Å². The number of nitrogens with zero attached hydrogens (tertiary/aromatic N) is 3. The Kier molecular flexibility index (Phi) is 13.1. The van der Waals surface area contributed by atoms with Crippen LogP contribution in [0.5, 0.6) is 0 Å². The monoisotopic (exact) mass is 740 g/mol. The number of hydrogen-bond acceptors (Lipinski definition) is 8. The molecule has 5 rings (SSSR count). The van der Waals surface area contributed by atoms with E-state index in [4.69, 9.17) is 11.2 Å². The largest absolute Gasteiger partial charge is 0.461 e. The fourth-order valence-electron chi connectivity index (χ4n) is 7.32. The van der Waals surface area contributed by atoms with Crippen molar-refractivity contribution in [1.29, 1.82) is 0 Å². The van der Waals surface area contributed by atoms with E-state index in [0.717, 1.165) is 11.1 Å². The Balaban J connectivity index is 1.46. The second-order valence-electron chi connectivity index (χ2n) is 14.3. The number of carbonyl (C=O) groups excluding carboxylic acids is 7. The molecule has 0 unspecified atom stereocenters. The first-order valence-corrected chi connectivity index (χ1v) is 18.3. The maximum absolute atomic E-state index is 14.4. The highest BCUT2D eigenvalue weighted by Gasteiger charge is 2.45. The third kappa shape index (κ3) is 9.44. The summed E-state index contributed by atoms with van der Waals surface area (Å²) in [6.07, 6.45) is 6.57. The molecule has 6 amide bonds. The summed E-state index contributed by atoms with van der Waals surface area (Å²) in [5.74, 6) is -1.94. The van der Waals surface area contributed by atoms with Gasteiger partial charge in [-0.15, -0.1) is 12.3 Å². The standard InChI is InChI=1S/C40H48N6O8/c1-5-13-31-36(49)41-26(3)37(50)46-23-25(2)20-33(46)40(53)54-24-30(38(51)45-19-12-18-32(45)39(52)44(31)4)43-35(48)29(21-27-14-8-6-9-15-27)42-34(47)22-28-16-10-7-11-17-28/h1,6-11,14-17,25-26,29-33H,12-13,18-24H2,2-4H3,(H,41,49)(H,42,47)(H,43,48)/t25-,26+,29+,30+,31+,32+,33+/m1/s1. The maximum atomic E-state index is 14.4. The molecule has 2 aromatic rings. The van der Waals surface area contributed by atoms with Gasteiger partial charge in [0.05, 0.1) is 6.42 Å². The zero-order valence-electron chi connectivity index (χ0n) is 30.9. The van der Waals surface area contributed by atoms with Crippen molar-refractivity contribution in [1.82, 2.24) is 30.7 Å². The molecule has 3 fully saturated rings. The molecule has 0 spiro atoms. The summed E-state index contributed by atoms with van der Waals surface area (Å²) in [5, 5.41) is 8.19. The molecule has 0 aromatic heterocycles. The number of hydrogen-bond donors (Lipinski definition) is 3. The van der Waals surface area contributed by atoms with E-state index in [1.54, 1.807) is 36.4 Å². The molecule has 3 heterocycles. The van der Waals surface area contributed by atoms with Crippen LogP contribution in [0, 0.1) is 18.3 Å². The summed E-state index contributed by atoms with van der Waals surface area (Å²) in [4.78, 5) is 100. The molecule has 14 nitrogen and oxygen atoms in total. The van der Waals surface area contributed by atoms with Gasteiger partial charge in [-0.25, -0.2) is 4.79 Å². The molecule has 3 aliphatic heterocycles. The summed E-state index contributed by atoms with van der Waals surface area (Å²) in [5.41, 5.74) is 1.50. The minimum Gasteiger partial charge on any atom is -0.461 e. The number of cyclic esters (lactones) is 1. The summed E-state index contributed by atoms with van der Waals surface area (Å²) in [7, 11) is 1.42. The Morgan fingerprint density at radius 2 is 1.59 bits per heavy atom. The van der Waals surface area contributed by atoms with Crippen molar-refractivity contribution < 1.29 is 38.3 Å². The van der Waals surface area contributed by atoms with Crippen molar-refractivity contribution in [2.45, 2.75) is 88.6 Å². The predicted molar refractivity (Wildman–Crippen MR) is 197 cm³/mol. The van der Waals surface area contributed by atoms with Gasteiger partial charge in [-0.05, 0) is 43.2 Å². The van der Waals surface area contributed by atoms with Gasteiger partial charge < -0.3 is 35.4 Å². The summed E-state index contributed by atoms with van der Waals surface area (Å²) in [6.45, 7) is 3.17. The van der Waals surface area contributed by atoms with Gasteiger partial charge in [0, 0.05) is 33.0 Å². The number of terminal acetylenes is 1.